The zero-order valence-electron chi connectivity index (χ0n) is 39.2. The van der Waals surface area contributed by atoms with Crippen LogP contribution in [0.15, 0.2) is 66.2 Å². The number of hydrogen-bond acceptors (Lipinski definition) is 8. The molecule has 10 heteroatoms. The Morgan fingerprint density at radius 3 is 2.09 bits per heavy atom. The summed E-state index contributed by atoms with van der Waals surface area (Å²) in [6, 6.07) is 18.4. The van der Waals surface area contributed by atoms with E-state index in [1.165, 1.54) is 5.57 Å². The maximum absolute atomic E-state index is 7.21. The van der Waals surface area contributed by atoms with Crippen molar-refractivity contribution in [2.24, 2.45) is 17.8 Å². The van der Waals surface area contributed by atoms with Gasteiger partial charge >= 0.3 is 0 Å². The summed E-state index contributed by atoms with van der Waals surface area (Å²) in [5.41, 5.74) is 3.55. The minimum atomic E-state index is -2.18. The zero-order valence-corrected chi connectivity index (χ0v) is 41.2. The van der Waals surface area contributed by atoms with Crippen molar-refractivity contribution in [3.63, 3.8) is 0 Å². The Kier molecular flexibility index (Phi) is 16.7. The van der Waals surface area contributed by atoms with E-state index in [9.17, 15) is 0 Å². The van der Waals surface area contributed by atoms with Crippen LogP contribution < -0.4 is 4.74 Å². The van der Waals surface area contributed by atoms with Gasteiger partial charge < -0.3 is 37.3 Å². The average molecular weight is 841 g/mol. The van der Waals surface area contributed by atoms with Crippen molar-refractivity contribution in [2.45, 2.75) is 175 Å². The van der Waals surface area contributed by atoms with Crippen LogP contribution in [0.2, 0.25) is 36.3 Å². The first-order valence-electron chi connectivity index (χ1n) is 21.7. The molecule has 328 valence electrons. The van der Waals surface area contributed by atoms with Gasteiger partial charge in [0.1, 0.15) is 5.75 Å². The molecular formula is C48H80O8Si2. The third kappa shape index (κ3) is 13.6. The topological polar surface area (TPSA) is 73.8 Å². The predicted octanol–water partition coefficient (Wildman–Crippen LogP) is 12.1. The molecule has 0 amide bonds. The fraction of sp³-hybridized carbons (Fsp3) is 0.708. The van der Waals surface area contributed by atoms with E-state index in [-0.39, 0.29) is 40.2 Å². The van der Waals surface area contributed by atoms with Crippen LogP contribution >= 0.6 is 0 Å². The summed E-state index contributed by atoms with van der Waals surface area (Å²) >= 11 is 0. The van der Waals surface area contributed by atoms with Crippen molar-refractivity contribution in [2.75, 3.05) is 26.9 Å². The maximum Gasteiger partial charge on any atom is 0.192 e. The number of benzene rings is 2. The van der Waals surface area contributed by atoms with Gasteiger partial charge in [0.05, 0.1) is 51.8 Å². The number of hydrogen-bond donors (Lipinski definition) is 0. The molecule has 0 bridgehead atoms. The van der Waals surface area contributed by atoms with Gasteiger partial charge in [-0.1, -0.05) is 110 Å². The molecule has 2 aromatic carbocycles. The molecule has 2 heterocycles. The van der Waals surface area contributed by atoms with Gasteiger partial charge in [-0.3, -0.25) is 0 Å². The molecule has 0 radical (unpaired) electrons. The van der Waals surface area contributed by atoms with Gasteiger partial charge in [-0.05, 0) is 99.1 Å². The van der Waals surface area contributed by atoms with E-state index in [0.717, 1.165) is 36.3 Å². The SMILES string of the molecule is COc1ccc(CO[C@H]2CO[C@@]3(C[C@@H]([C@@H](C)[C@@H](COCc4ccccc4)O[Si](C)(C)C(C)(C)C)OC(C)(C)O3)[C@@H](/C=C(\C)C[C@H](C)CO[Si](C)(C)C(C)(C)C)C2)cc1. The van der Waals surface area contributed by atoms with E-state index in [1.54, 1.807) is 7.11 Å². The van der Waals surface area contributed by atoms with Gasteiger partial charge in [-0.15, -0.1) is 0 Å². The Morgan fingerprint density at radius 1 is 0.862 bits per heavy atom. The molecule has 0 N–H and O–H groups in total. The lowest BCUT2D eigenvalue weighted by Gasteiger charge is -2.55. The van der Waals surface area contributed by atoms with Crippen LogP contribution in [0, 0.1) is 17.8 Å². The van der Waals surface area contributed by atoms with Crippen molar-refractivity contribution < 1.29 is 37.3 Å². The molecule has 4 rings (SSSR count). The van der Waals surface area contributed by atoms with Crippen LogP contribution in [0.25, 0.3) is 0 Å². The molecule has 0 aromatic heterocycles. The number of methoxy groups -OCH3 is 1. The Hall–Kier alpha value is -1.87. The predicted molar refractivity (Wildman–Crippen MR) is 241 cm³/mol. The normalized spacial score (nSPS) is 25.0. The minimum Gasteiger partial charge on any atom is -0.497 e. The highest BCUT2D eigenvalue weighted by Gasteiger charge is 2.56. The van der Waals surface area contributed by atoms with E-state index in [0.29, 0.717) is 38.8 Å². The molecule has 58 heavy (non-hydrogen) atoms. The summed E-state index contributed by atoms with van der Waals surface area (Å²) in [4.78, 5) is 0. The van der Waals surface area contributed by atoms with Gasteiger partial charge in [-0.25, -0.2) is 0 Å². The van der Waals surface area contributed by atoms with E-state index >= 15 is 0 Å². The van der Waals surface area contributed by atoms with Gasteiger partial charge in [-0.2, -0.15) is 0 Å². The smallest absolute Gasteiger partial charge is 0.192 e. The summed E-state index contributed by atoms with van der Waals surface area (Å²) in [6.07, 6.45) is 4.18. The summed E-state index contributed by atoms with van der Waals surface area (Å²) in [7, 11) is -2.35. The molecule has 0 unspecified atom stereocenters. The maximum atomic E-state index is 7.21. The van der Waals surface area contributed by atoms with Crippen LogP contribution in [0.1, 0.15) is 107 Å². The molecule has 8 nitrogen and oxygen atoms in total. The lowest BCUT2D eigenvalue weighted by Crippen LogP contribution is -2.62. The zero-order chi connectivity index (χ0) is 43.2. The van der Waals surface area contributed by atoms with E-state index in [4.69, 9.17) is 37.3 Å². The summed E-state index contributed by atoms with van der Waals surface area (Å²) in [5.74, 6) is -0.672. The van der Waals surface area contributed by atoms with Crippen LogP contribution in [0.3, 0.4) is 0 Å². The van der Waals surface area contributed by atoms with Gasteiger partial charge in [0.15, 0.2) is 28.2 Å². The lowest BCUT2D eigenvalue weighted by atomic mass is 9.80. The van der Waals surface area contributed by atoms with E-state index in [2.05, 4.69) is 131 Å². The van der Waals surface area contributed by atoms with Crippen LogP contribution in [-0.2, 0) is 45.8 Å². The van der Waals surface area contributed by atoms with Crippen LogP contribution in [0.5, 0.6) is 5.75 Å². The lowest BCUT2D eigenvalue weighted by molar-refractivity contribution is -0.429. The molecule has 2 saturated heterocycles. The largest absolute Gasteiger partial charge is 0.497 e. The third-order valence-electron chi connectivity index (χ3n) is 13.1. The van der Waals surface area contributed by atoms with Crippen molar-refractivity contribution in [3.05, 3.63) is 77.4 Å². The fourth-order valence-corrected chi connectivity index (χ4v) is 9.97. The van der Waals surface area contributed by atoms with Crippen molar-refractivity contribution in [1.29, 1.82) is 0 Å². The van der Waals surface area contributed by atoms with Gasteiger partial charge in [0.2, 0.25) is 0 Å². The molecule has 2 fully saturated rings. The highest BCUT2D eigenvalue weighted by Crippen LogP contribution is 2.48. The first kappa shape index (κ1) is 48.8. The number of allylic oxidation sites excluding steroid dienone is 1. The fourth-order valence-electron chi connectivity index (χ4n) is 7.44. The molecule has 2 aliphatic rings. The molecule has 2 aliphatic heterocycles. The van der Waals surface area contributed by atoms with E-state index in [1.807, 2.05) is 32.0 Å². The molecule has 0 saturated carbocycles. The highest BCUT2D eigenvalue weighted by atomic mass is 28.4. The second-order valence-electron chi connectivity index (χ2n) is 20.8. The minimum absolute atomic E-state index is 0.00386. The summed E-state index contributed by atoms with van der Waals surface area (Å²) in [5, 5.41) is 0.211. The average Bonchev–Trinajstić information content (AvgIpc) is 3.12. The first-order valence-corrected chi connectivity index (χ1v) is 27.5. The molecule has 0 aliphatic carbocycles. The number of ether oxygens (including phenoxy) is 6. The third-order valence-corrected chi connectivity index (χ3v) is 22.1. The van der Waals surface area contributed by atoms with Gasteiger partial charge in [0, 0.05) is 24.9 Å². The second kappa shape index (κ2) is 19.9. The van der Waals surface area contributed by atoms with Crippen molar-refractivity contribution >= 4 is 16.6 Å². The highest BCUT2D eigenvalue weighted by molar-refractivity contribution is 6.74. The Balaban J connectivity index is 1.61. The monoisotopic (exact) mass is 841 g/mol. The standard InChI is InChI=1S/C48H80O8Si2/c1-35(26-36(2)30-53-57(13,14)45(4,5)6)27-40-28-42(51-32-39-22-24-41(49-12)25-23-39)33-52-48(40)29-43(54-47(10,11)56-48)37(3)44(55-58(15,16)46(7,8)9)34-50-31-38-20-18-17-19-21-38/h17-25,27,36-37,40,42-44H,26,28-34H2,1-16H3/b35-27+/t36-,37+,40-,42+,43-,44+,48+/m0/s1. The Morgan fingerprint density at radius 2 is 1.48 bits per heavy atom. The molecule has 2 aromatic rings. The molecule has 7 atom stereocenters. The second-order valence-corrected chi connectivity index (χ2v) is 30.3. The summed E-state index contributed by atoms with van der Waals surface area (Å²) < 4.78 is 53.1. The van der Waals surface area contributed by atoms with Crippen LogP contribution in [0.4, 0.5) is 0 Å². The first-order chi connectivity index (χ1) is 26.9. The van der Waals surface area contributed by atoms with E-state index < -0.39 is 28.2 Å². The quantitative estimate of drug-likeness (QED) is 0.109. The molecule has 1 spiro atoms. The Labute approximate surface area is 355 Å². The Bertz CT molecular complexity index is 1580. The summed E-state index contributed by atoms with van der Waals surface area (Å²) in [6.45, 7) is 36.6. The van der Waals surface area contributed by atoms with Gasteiger partial charge in [0.25, 0.3) is 0 Å². The van der Waals surface area contributed by atoms with Crippen molar-refractivity contribution in [1.82, 2.24) is 0 Å². The van der Waals surface area contributed by atoms with Crippen LogP contribution in [-0.4, -0.2) is 73.5 Å². The molecular weight excluding hydrogens is 761 g/mol. The number of rotatable bonds is 18. The van der Waals surface area contributed by atoms with Crippen molar-refractivity contribution in [3.8, 4) is 5.75 Å².